The van der Waals surface area contributed by atoms with E-state index in [1.54, 1.807) is 0 Å². The summed E-state index contributed by atoms with van der Waals surface area (Å²) in [5.41, 5.74) is 3.83. The van der Waals surface area contributed by atoms with Gasteiger partial charge in [0.1, 0.15) is 0 Å². The molecule has 0 radical (unpaired) electrons. The fraction of sp³-hybridized carbons (Fsp3) is 0.667. The van der Waals surface area contributed by atoms with Gasteiger partial charge in [0.05, 0.1) is 6.10 Å². The molecular weight excluding hydrogens is 282 g/mol. The maximum absolute atomic E-state index is 6.27. The average Bonchev–Trinajstić information content (AvgIpc) is 2.93. The lowest BCUT2D eigenvalue weighted by molar-refractivity contribution is 0.0773. The van der Waals surface area contributed by atoms with Crippen LogP contribution in [0.2, 0.25) is 5.02 Å². The fourth-order valence-corrected chi connectivity index (χ4v) is 3.62. The molecule has 0 aliphatic carbocycles. The summed E-state index contributed by atoms with van der Waals surface area (Å²) in [7, 11) is 0. The van der Waals surface area contributed by atoms with Crippen molar-refractivity contribution in [3.8, 4) is 0 Å². The number of halogens is 1. The van der Waals surface area contributed by atoms with Crippen molar-refractivity contribution < 1.29 is 4.74 Å². The molecule has 0 spiro atoms. The summed E-state index contributed by atoms with van der Waals surface area (Å²) >= 11 is 6.27. The molecule has 0 aromatic heterocycles. The van der Waals surface area contributed by atoms with Gasteiger partial charge in [-0.2, -0.15) is 0 Å². The number of hydrogen-bond donors (Lipinski definition) is 1. The molecule has 0 bridgehead atoms. The zero-order valence-electron chi connectivity index (χ0n) is 13.7. The maximum atomic E-state index is 6.27. The van der Waals surface area contributed by atoms with Crippen LogP contribution in [0.15, 0.2) is 12.1 Å². The van der Waals surface area contributed by atoms with Crippen molar-refractivity contribution in [2.24, 2.45) is 5.92 Å². The summed E-state index contributed by atoms with van der Waals surface area (Å²) in [6.45, 7) is 10.6. The van der Waals surface area contributed by atoms with Gasteiger partial charge in [0.15, 0.2) is 0 Å². The smallest absolute Gasteiger partial charge is 0.0619 e. The Morgan fingerprint density at radius 3 is 2.71 bits per heavy atom. The maximum Gasteiger partial charge on any atom is 0.0619 e. The van der Waals surface area contributed by atoms with Crippen molar-refractivity contribution in [1.29, 1.82) is 0 Å². The van der Waals surface area contributed by atoms with Crippen LogP contribution in [0.25, 0.3) is 0 Å². The molecule has 1 aliphatic rings. The molecule has 1 aromatic rings. The average molecular weight is 310 g/mol. The first-order valence-electron chi connectivity index (χ1n) is 8.20. The molecule has 21 heavy (non-hydrogen) atoms. The lowest BCUT2D eigenvalue weighted by Crippen LogP contribution is -2.33. The Bertz CT molecular complexity index is 475. The summed E-state index contributed by atoms with van der Waals surface area (Å²) in [6.07, 6.45) is 3.74. The van der Waals surface area contributed by atoms with Gasteiger partial charge in [-0.3, -0.25) is 0 Å². The van der Waals surface area contributed by atoms with E-state index in [-0.39, 0.29) is 0 Å². The highest BCUT2D eigenvalue weighted by atomic mass is 35.5. The van der Waals surface area contributed by atoms with Gasteiger partial charge in [-0.1, -0.05) is 31.5 Å². The highest BCUT2D eigenvalue weighted by molar-refractivity contribution is 6.31. The minimum atomic E-state index is 0.369. The minimum absolute atomic E-state index is 0.369. The third-order valence-corrected chi connectivity index (χ3v) is 4.99. The summed E-state index contributed by atoms with van der Waals surface area (Å²) in [5, 5.41) is 4.62. The van der Waals surface area contributed by atoms with Crippen LogP contribution in [0.3, 0.4) is 0 Å². The lowest BCUT2D eigenvalue weighted by atomic mass is 9.84. The van der Waals surface area contributed by atoms with Crippen LogP contribution >= 0.6 is 11.6 Å². The first-order chi connectivity index (χ1) is 10.1. The molecule has 1 saturated heterocycles. The van der Waals surface area contributed by atoms with Crippen LogP contribution in [-0.2, 0) is 4.74 Å². The topological polar surface area (TPSA) is 21.3 Å². The van der Waals surface area contributed by atoms with Gasteiger partial charge >= 0.3 is 0 Å². The lowest BCUT2D eigenvalue weighted by Gasteiger charge is -2.30. The Balaban J connectivity index is 2.33. The van der Waals surface area contributed by atoms with Crippen molar-refractivity contribution >= 4 is 11.6 Å². The molecule has 0 amide bonds. The predicted octanol–water partition coefficient (Wildman–Crippen LogP) is 4.81. The van der Waals surface area contributed by atoms with E-state index in [9.17, 15) is 0 Å². The molecule has 1 N–H and O–H groups in total. The molecule has 2 nitrogen and oxygen atoms in total. The Hall–Kier alpha value is -0.570. The number of nitrogens with one attached hydrogen (secondary N) is 1. The predicted molar refractivity (Wildman–Crippen MR) is 90.1 cm³/mol. The third kappa shape index (κ3) is 3.80. The fourth-order valence-electron chi connectivity index (χ4n) is 3.40. The molecule has 1 aliphatic heterocycles. The zero-order valence-corrected chi connectivity index (χ0v) is 14.5. The molecule has 118 valence electrons. The Morgan fingerprint density at radius 1 is 1.29 bits per heavy atom. The van der Waals surface area contributed by atoms with Gasteiger partial charge in [-0.05, 0) is 62.4 Å². The standard InChI is InChI=1S/C18H28ClNO/c1-5-8-20-18(14-7-9-21-17(14)6-2)15-10-13(4)16(19)11-12(15)3/h10-11,14,17-18,20H,5-9H2,1-4H3. The largest absolute Gasteiger partial charge is 0.378 e. The van der Waals surface area contributed by atoms with Crippen LogP contribution < -0.4 is 5.32 Å². The number of ether oxygens (including phenoxy) is 1. The van der Waals surface area contributed by atoms with Crippen LogP contribution in [0.4, 0.5) is 0 Å². The van der Waals surface area contributed by atoms with E-state index in [2.05, 4.69) is 45.1 Å². The van der Waals surface area contributed by atoms with Gasteiger partial charge in [0.2, 0.25) is 0 Å². The van der Waals surface area contributed by atoms with Crippen LogP contribution in [0.5, 0.6) is 0 Å². The van der Waals surface area contributed by atoms with E-state index >= 15 is 0 Å². The molecule has 2 rings (SSSR count). The van der Waals surface area contributed by atoms with E-state index < -0.39 is 0 Å². The van der Waals surface area contributed by atoms with Gasteiger partial charge in [0, 0.05) is 23.6 Å². The highest BCUT2D eigenvalue weighted by Crippen LogP contribution is 2.37. The van der Waals surface area contributed by atoms with Gasteiger partial charge in [0.25, 0.3) is 0 Å². The molecule has 3 heteroatoms. The molecule has 0 saturated carbocycles. The van der Waals surface area contributed by atoms with E-state index in [0.29, 0.717) is 18.1 Å². The summed E-state index contributed by atoms with van der Waals surface area (Å²) in [6, 6.07) is 4.73. The third-order valence-electron chi connectivity index (χ3n) is 4.59. The second kappa shape index (κ2) is 7.62. The second-order valence-electron chi connectivity index (χ2n) is 6.16. The minimum Gasteiger partial charge on any atom is -0.378 e. The van der Waals surface area contributed by atoms with E-state index in [4.69, 9.17) is 16.3 Å². The van der Waals surface area contributed by atoms with Gasteiger partial charge in [-0.15, -0.1) is 0 Å². The summed E-state index contributed by atoms with van der Waals surface area (Å²) < 4.78 is 5.92. The van der Waals surface area contributed by atoms with Crippen molar-refractivity contribution in [1.82, 2.24) is 5.32 Å². The number of hydrogen-bond acceptors (Lipinski definition) is 2. The SMILES string of the molecule is CCCNC(c1cc(C)c(Cl)cc1C)C1CCOC1CC. The Morgan fingerprint density at radius 2 is 2.05 bits per heavy atom. The van der Waals surface area contributed by atoms with Crippen molar-refractivity contribution in [3.05, 3.63) is 33.8 Å². The van der Waals surface area contributed by atoms with Crippen molar-refractivity contribution in [2.75, 3.05) is 13.2 Å². The van der Waals surface area contributed by atoms with Crippen LogP contribution in [0, 0.1) is 19.8 Å². The quantitative estimate of drug-likeness (QED) is 0.814. The van der Waals surface area contributed by atoms with Gasteiger partial charge in [-0.25, -0.2) is 0 Å². The molecule has 3 unspecified atom stereocenters. The Kier molecular flexibility index (Phi) is 6.09. The molecule has 1 heterocycles. The highest BCUT2D eigenvalue weighted by Gasteiger charge is 2.34. The van der Waals surface area contributed by atoms with Crippen molar-refractivity contribution in [2.45, 2.75) is 59.1 Å². The number of benzene rings is 1. The first-order valence-corrected chi connectivity index (χ1v) is 8.57. The monoisotopic (exact) mass is 309 g/mol. The van der Waals surface area contributed by atoms with E-state index in [1.165, 1.54) is 11.1 Å². The zero-order chi connectivity index (χ0) is 15.4. The summed E-state index contributed by atoms with van der Waals surface area (Å²) in [5.74, 6) is 0.556. The summed E-state index contributed by atoms with van der Waals surface area (Å²) in [4.78, 5) is 0. The Labute approximate surface area is 134 Å². The number of aryl methyl sites for hydroxylation is 2. The molecule has 1 aromatic carbocycles. The molecule has 1 fully saturated rings. The molecule has 3 atom stereocenters. The van der Waals surface area contributed by atoms with Crippen LogP contribution in [-0.4, -0.2) is 19.3 Å². The van der Waals surface area contributed by atoms with E-state index in [0.717, 1.165) is 43.0 Å². The number of rotatable bonds is 6. The van der Waals surface area contributed by atoms with Crippen LogP contribution in [0.1, 0.15) is 55.8 Å². The van der Waals surface area contributed by atoms with E-state index in [1.807, 2.05) is 0 Å². The molecular formula is C18H28ClNO. The van der Waals surface area contributed by atoms with Gasteiger partial charge < -0.3 is 10.1 Å². The second-order valence-corrected chi connectivity index (χ2v) is 6.57. The first kappa shape index (κ1) is 16.8. The normalized spacial score (nSPS) is 23.5. The van der Waals surface area contributed by atoms with Crippen molar-refractivity contribution in [3.63, 3.8) is 0 Å².